The first kappa shape index (κ1) is 15.9. The van der Waals surface area contributed by atoms with Crippen LogP contribution in [0.15, 0.2) is 35.4 Å². The van der Waals surface area contributed by atoms with E-state index in [2.05, 4.69) is 10.00 Å². The molecule has 8 heteroatoms. The minimum atomic E-state index is -0.233. The summed E-state index contributed by atoms with van der Waals surface area (Å²) in [7, 11) is 3.80. The number of nitrogens with zero attached hydrogens (tertiary/aromatic N) is 5. The van der Waals surface area contributed by atoms with Crippen molar-refractivity contribution >= 4 is 17.5 Å². The van der Waals surface area contributed by atoms with Gasteiger partial charge in [0.2, 0.25) is 5.91 Å². The van der Waals surface area contributed by atoms with Crippen LogP contribution in [0, 0.1) is 0 Å². The second-order valence-corrected chi connectivity index (χ2v) is 6.92. The second kappa shape index (κ2) is 5.73. The first-order valence-electron chi connectivity index (χ1n) is 8.30. The number of carbonyl (C=O) groups excluding carboxylic acids is 2. The van der Waals surface area contributed by atoms with Gasteiger partial charge in [-0.2, -0.15) is 5.10 Å². The summed E-state index contributed by atoms with van der Waals surface area (Å²) in [5.41, 5.74) is 1.14. The number of piperazine rings is 1. The van der Waals surface area contributed by atoms with Crippen LogP contribution in [0.5, 0.6) is 0 Å². The first-order valence-corrected chi connectivity index (χ1v) is 8.30. The maximum absolute atomic E-state index is 12.6. The molecule has 4 heterocycles. The summed E-state index contributed by atoms with van der Waals surface area (Å²) in [5, 5.41) is 4.17. The SMILES string of the molecule is CN1CC(=O)N(c2cnn(C)c2)C[C@]12CCN(C(=O)c1ccoc1)C2. The van der Waals surface area contributed by atoms with Crippen molar-refractivity contribution in [3.05, 3.63) is 36.5 Å². The van der Waals surface area contributed by atoms with Crippen LogP contribution in [-0.2, 0) is 11.8 Å². The smallest absolute Gasteiger partial charge is 0.257 e. The number of carbonyl (C=O) groups is 2. The molecule has 1 spiro atoms. The van der Waals surface area contributed by atoms with Crippen LogP contribution < -0.4 is 4.90 Å². The molecule has 2 fully saturated rings. The second-order valence-electron chi connectivity index (χ2n) is 6.92. The van der Waals surface area contributed by atoms with Crippen LogP contribution in [0.25, 0.3) is 0 Å². The fraction of sp³-hybridized carbons (Fsp3) is 0.471. The van der Waals surface area contributed by atoms with Gasteiger partial charge in [-0.25, -0.2) is 0 Å². The summed E-state index contributed by atoms with van der Waals surface area (Å²) < 4.78 is 6.72. The molecule has 0 bridgehead atoms. The maximum atomic E-state index is 12.6. The van der Waals surface area contributed by atoms with Gasteiger partial charge in [0, 0.05) is 32.9 Å². The van der Waals surface area contributed by atoms with Gasteiger partial charge in [-0.15, -0.1) is 0 Å². The zero-order valence-electron chi connectivity index (χ0n) is 14.4. The van der Waals surface area contributed by atoms with E-state index in [9.17, 15) is 9.59 Å². The van der Waals surface area contributed by atoms with E-state index in [1.165, 1.54) is 12.5 Å². The fourth-order valence-electron chi connectivity index (χ4n) is 3.78. The number of furan rings is 1. The summed E-state index contributed by atoms with van der Waals surface area (Å²) in [6, 6.07) is 1.68. The van der Waals surface area contributed by atoms with Gasteiger partial charge in [0.25, 0.3) is 5.91 Å². The molecule has 2 aliphatic rings. The van der Waals surface area contributed by atoms with Gasteiger partial charge >= 0.3 is 0 Å². The highest BCUT2D eigenvalue weighted by atomic mass is 16.3. The Hall–Kier alpha value is -2.61. The molecule has 8 nitrogen and oxygen atoms in total. The molecule has 0 aliphatic carbocycles. The minimum absolute atomic E-state index is 0.0242. The summed E-state index contributed by atoms with van der Waals surface area (Å²) in [4.78, 5) is 30.8. The summed E-state index contributed by atoms with van der Waals surface area (Å²) in [6.45, 7) is 2.16. The lowest BCUT2D eigenvalue weighted by Crippen LogP contribution is -2.64. The van der Waals surface area contributed by atoms with Crippen LogP contribution in [0.2, 0.25) is 0 Å². The van der Waals surface area contributed by atoms with Crippen molar-refractivity contribution in [3.63, 3.8) is 0 Å². The highest BCUT2D eigenvalue weighted by Crippen LogP contribution is 2.33. The molecule has 4 rings (SSSR count). The van der Waals surface area contributed by atoms with E-state index in [0.717, 1.165) is 12.1 Å². The van der Waals surface area contributed by atoms with E-state index < -0.39 is 0 Å². The van der Waals surface area contributed by atoms with E-state index in [1.54, 1.807) is 21.8 Å². The third kappa shape index (κ3) is 2.62. The van der Waals surface area contributed by atoms with E-state index in [0.29, 0.717) is 31.7 Å². The molecule has 0 aromatic carbocycles. The Kier molecular flexibility index (Phi) is 3.64. The Morgan fingerprint density at radius 3 is 2.84 bits per heavy atom. The van der Waals surface area contributed by atoms with Crippen molar-refractivity contribution < 1.29 is 14.0 Å². The molecular weight excluding hydrogens is 322 g/mol. The van der Waals surface area contributed by atoms with Crippen molar-refractivity contribution in [1.29, 1.82) is 0 Å². The van der Waals surface area contributed by atoms with Gasteiger partial charge in [-0.1, -0.05) is 0 Å². The summed E-state index contributed by atoms with van der Waals surface area (Å²) in [6.07, 6.45) is 7.37. The molecule has 0 radical (unpaired) electrons. The molecule has 0 unspecified atom stereocenters. The van der Waals surface area contributed by atoms with Crippen molar-refractivity contribution in [3.8, 4) is 0 Å². The van der Waals surface area contributed by atoms with E-state index in [-0.39, 0.29) is 17.4 Å². The van der Waals surface area contributed by atoms with Gasteiger partial charge < -0.3 is 14.2 Å². The molecule has 2 saturated heterocycles. The average molecular weight is 343 g/mol. The number of likely N-dealkylation sites (N-methyl/N-ethyl adjacent to an activating group) is 1. The molecule has 2 aromatic rings. The lowest BCUT2D eigenvalue weighted by molar-refractivity contribution is -0.123. The molecular formula is C17H21N5O3. The Morgan fingerprint density at radius 2 is 2.16 bits per heavy atom. The number of likely N-dealkylation sites (tertiary alicyclic amines) is 1. The van der Waals surface area contributed by atoms with Crippen molar-refractivity contribution in [2.24, 2.45) is 7.05 Å². The third-order valence-corrected chi connectivity index (χ3v) is 5.33. The molecule has 25 heavy (non-hydrogen) atoms. The molecule has 0 saturated carbocycles. The lowest BCUT2D eigenvalue weighted by atomic mass is 9.93. The average Bonchev–Trinajstić information content (AvgIpc) is 3.32. The number of rotatable bonds is 2. The zero-order valence-corrected chi connectivity index (χ0v) is 14.4. The predicted octanol–water partition coefficient (Wildman–Crippen LogP) is 0.576. The predicted molar refractivity (Wildman–Crippen MR) is 90.2 cm³/mol. The minimum Gasteiger partial charge on any atom is -0.472 e. The third-order valence-electron chi connectivity index (χ3n) is 5.33. The number of hydrogen-bond donors (Lipinski definition) is 0. The monoisotopic (exact) mass is 343 g/mol. The molecule has 1 atom stereocenters. The molecule has 2 aliphatic heterocycles. The Morgan fingerprint density at radius 1 is 1.32 bits per heavy atom. The number of aromatic nitrogens is 2. The van der Waals surface area contributed by atoms with Crippen LogP contribution in [0.3, 0.4) is 0 Å². The lowest BCUT2D eigenvalue weighted by Gasteiger charge is -2.46. The van der Waals surface area contributed by atoms with Crippen LogP contribution in [0.4, 0.5) is 5.69 Å². The highest BCUT2D eigenvalue weighted by Gasteiger charge is 2.49. The Bertz CT molecular complexity index is 799. The van der Waals surface area contributed by atoms with Gasteiger partial charge in [0.1, 0.15) is 6.26 Å². The molecule has 2 aromatic heterocycles. The van der Waals surface area contributed by atoms with Gasteiger partial charge in [-0.3, -0.25) is 19.2 Å². The van der Waals surface area contributed by atoms with Crippen LogP contribution in [-0.4, -0.2) is 70.2 Å². The Balaban J connectivity index is 1.56. The number of amides is 2. The standard InChI is InChI=1S/C17H21N5O3/c1-19-9-15(23)22(14-7-18-20(2)8-14)12-17(19)4-5-21(11-17)16(24)13-3-6-25-10-13/h3,6-8,10H,4-5,9,11-12H2,1-2H3/t17-/m1/s1. The fourth-order valence-corrected chi connectivity index (χ4v) is 3.78. The molecule has 0 N–H and O–H groups in total. The maximum Gasteiger partial charge on any atom is 0.257 e. The summed E-state index contributed by atoms with van der Waals surface area (Å²) >= 11 is 0. The topological polar surface area (TPSA) is 74.8 Å². The quantitative estimate of drug-likeness (QED) is 0.797. The molecule has 132 valence electrons. The first-order chi connectivity index (χ1) is 12.0. The Labute approximate surface area is 145 Å². The van der Waals surface area contributed by atoms with Crippen molar-refractivity contribution in [1.82, 2.24) is 19.6 Å². The zero-order chi connectivity index (χ0) is 17.6. The van der Waals surface area contributed by atoms with Crippen LogP contribution >= 0.6 is 0 Å². The normalized spacial score (nSPS) is 24.5. The van der Waals surface area contributed by atoms with Gasteiger partial charge in [-0.05, 0) is 19.5 Å². The highest BCUT2D eigenvalue weighted by molar-refractivity contribution is 5.96. The van der Waals surface area contributed by atoms with Crippen LogP contribution in [0.1, 0.15) is 16.8 Å². The van der Waals surface area contributed by atoms with E-state index in [4.69, 9.17) is 4.42 Å². The number of aryl methyl sites for hydroxylation is 1. The van der Waals surface area contributed by atoms with Crippen molar-refractivity contribution in [2.45, 2.75) is 12.0 Å². The number of anilines is 1. The molecule has 2 amide bonds. The van der Waals surface area contributed by atoms with Crippen molar-refractivity contribution in [2.75, 3.05) is 38.1 Å². The van der Waals surface area contributed by atoms with Gasteiger partial charge in [0.05, 0.1) is 35.8 Å². The van der Waals surface area contributed by atoms with E-state index >= 15 is 0 Å². The largest absolute Gasteiger partial charge is 0.472 e. The summed E-state index contributed by atoms with van der Waals surface area (Å²) in [5.74, 6) is 0.0320. The van der Waals surface area contributed by atoms with E-state index in [1.807, 2.05) is 25.2 Å². The number of hydrogen-bond acceptors (Lipinski definition) is 5. The van der Waals surface area contributed by atoms with Gasteiger partial charge in [0.15, 0.2) is 0 Å².